The van der Waals surface area contributed by atoms with Crippen molar-refractivity contribution in [3.05, 3.63) is 52.4 Å². The smallest absolute Gasteiger partial charge is 0.326 e. The first-order valence-corrected chi connectivity index (χ1v) is 6.81. The Hall–Kier alpha value is -2.28. The summed E-state index contributed by atoms with van der Waals surface area (Å²) in [6, 6.07) is 6.49. The number of aromatic hydroxyl groups is 1. The van der Waals surface area contributed by atoms with Gasteiger partial charge in [0.15, 0.2) is 4.67 Å². The molecule has 0 saturated heterocycles. The van der Waals surface area contributed by atoms with Crippen molar-refractivity contribution in [2.45, 2.75) is 12.5 Å². The number of phenolic OH excluding ortho intramolecular Hbond substituents is 1. The van der Waals surface area contributed by atoms with Crippen molar-refractivity contribution >= 4 is 27.8 Å². The molecule has 0 spiro atoms. The van der Waals surface area contributed by atoms with Gasteiger partial charge < -0.3 is 19.9 Å². The fourth-order valence-electron chi connectivity index (χ4n) is 1.76. The van der Waals surface area contributed by atoms with Crippen molar-refractivity contribution in [1.29, 1.82) is 0 Å². The summed E-state index contributed by atoms with van der Waals surface area (Å²) in [6.45, 7) is 0. The average molecular weight is 354 g/mol. The number of carboxylic acid groups (broad SMARTS) is 1. The molecule has 1 aromatic heterocycles. The minimum absolute atomic E-state index is 0.0944. The van der Waals surface area contributed by atoms with Gasteiger partial charge >= 0.3 is 5.97 Å². The molecule has 110 valence electrons. The van der Waals surface area contributed by atoms with Crippen molar-refractivity contribution < 1.29 is 24.2 Å². The summed E-state index contributed by atoms with van der Waals surface area (Å²) in [5, 5.41) is 20.8. The Morgan fingerprint density at radius 2 is 1.90 bits per heavy atom. The molecule has 0 unspecified atom stereocenters. The van der Waals surface area contributed by atoms with Crippen molar-refractivity contribution in [3.8, 4) is 5.75 Å². The molecule has 1 heterocycles. The van der Waals surface area contributed by atoms with E-state index in [-0.39, 0.29) is 22.4 Å². The number of carbonyl (C=O) groups is 2. The first-order chi connectivity index (χ1) is 9.97. The van der Waals surface area contributed by atoms with Crippen LogP contribution in [-0.4, -0.2) is 28.1 Å². The zero-order valence-corrected chi connectivity index (χ0v) is 12.3. The van der Waals surface area contributed by atoms with Gasteiger partial charge in [-0.25, -0.2) is 4.79 Å². The number of halogens is 1. The Balaban J connectivity index is 2.09. The molecule has 3 N–H and O–H groups in total. The van der Waals surface area contributed by atoms with Crippen LogP contribution in [0.4, 0.5) is 0 Å². The van der Waals surface area contributed by atoms with E-state index in [4.69, 9.17) is 4.42 Å². The Morgan fingerprint density at radius 3 is 2.43 bits per heavy atom. The van der Waals surface area contributed by atoms with Gasteiger partial charge in [-0.05, 0) is 39.7 Å². The second-order valence-electron chi connectivity index (χ2n) is 4.34. The number of carbonyl (C=O) groups excluding carboxylic acids is 1. The maximum absolute atomic E-state index is 12.0. The summed E-state index contributed by atoms with van der Waals surface area (Å²) >= 11 is 3.07. The molecule has 1 amide bonds. The number of amides is 1. The highest BCUT2D eigenvalue weighted by atomic mass is 79.9. The Kier molecular flexibility index (Phi) is 4.64. The van der Waals surface area contributed by atoms with Gasteiger partial charge in [0.1, 0.15) is 11.8 Å². The van der Waals surface area contributed by atoms with Crippen LogP contribution in [0.1, 0.15) is 15.9 Å². The van der Waals surface area contributed by atoms with Crippen molar-refractivity contribution in [3.63, 3.8) is 0 Å². The molecule has 6 nitrogen and oxygen atoms in total. The van der Waals surface area contributed by atoms with E-state index in [0.717, 1.165) is 0 Å². The van der Waals surface area contributed by atoms with Crippen molar-refractivity contribution in [2.75, 3.05) is 0 Å². The Labute approximate surface area is 128 Å². The Morgan fingerprint density at radius 1 is 1.24 bits per heavy atom. The first kappa shape index (κ1) is 15.1. The summed E-state index contributed by atoms with van der Waals surface area (Å²) in [5.41, 5.74) is 0.915. The average Bonchev–Trinajstić information content (AvgIpc) is 2.86. The monoisotopic (exact) mass is 353 g/mol. The van der Waals surface area contributed by atoms with Crippen LogP contribution < -0.4 is 5.32 Å². The molecule has 1 aromatic carbocycles. The quantitative estimate of drug-likeness (QED) is 0.764. The summed E-state index contributed by atoms with van der Waals surface area (Å²) < 4.78 is 5.18. The third-order valence-electron chi connectivity index (χ3n) is 2.84. The third kappa shape index (κ3) is 3.85. The highest BCUT2D eigenvalue weighted by Crippen LogP contribution is 2.18. The van der Waals surface area contributed by atoms with Crippen LogP contribution in [0.15, 0.2) is 45.7 Å². The standard InChI is InChI=1S/C14H12BrNO5/c15-12-10(5-6-21-12)13(18)16-11(14(19)20)7-8-1-3-9(17)4-2-8/h1-6,11,17H,7H2,(H,16,18)(H,19,20)/t11-/m1/s1. The highest BCUT2D eigenvalue weighted by molar-refractivity contribution is 9.10. The van der Waals surface area contributed by atoms with Gasteiger partial charge in [-0.3, -0.25) is 4.79 Å². The lowest BCUT2D eigenvalue weighted by molar-refractivity contribution is -0.139. The van der Waals surface area contributed by atoms with E-state index in [0.29, 0.717) is 5.56 Å². The predicted molar refractivity (Wildman–Crippen MR) is 77.1 cm³/mol. The Bertz CT molecular complexity index is 650. The SMILES string of the molecule is O=C(N[C@H](Cc1ccc(O)cc1)C(=O)O)c1ccoc1Br. The van der Waals surface area contributed by atoms with Crippen molar-refractivity contribution in [1.82, 2.24) is 5.32 Å². The minimum atomic E-state index is -1.14. The molecular formula is C14H12BrNO5. The summed E-state index contributed by atoms with van der Waals surface area (Å²) in [6.07, 6.45) is 1.44. The molecular weight excluding hydrogens is 342 g/mol. The summed E-state index contributed by atoms with van der Waals surface area (Å²) in [5.74, 6) is -1.59. The molecule has 1 atom stereocenters. The fraction of sp³-hybridized carbons (Fsp3) is 0.143. The topological polar surface area (TPSA) is 99.8 Å². The van der Waals surface area contributed by atoms with Crippen LogP contribution in [-0.2, 0) is 11.2 Å². The molecule has 2 rings (SSSR count). The van der Waals surface area contributed by atoms with Crippen LogP contribution in [0, 0.1) is 0 Å². The summed E-state index contributed by atoms with van der Waals surface area (Å²) in [4.78, 5) is 23.2. The van der Waals surface area contributed by atoms with E-state index in [1.165, 1.54) is 24.5 Å². The van der Waals surface area contributed by atoms with Crippen molar-refractivity contribution in [2.24, 2.45) is 0 Å². The molecule has 0 aliphatic carbocycles. The fourth-order valence-corrected chi connectivity index (χ4v) is 2.18. The van der Waals surface area contributed by atoms with Crippen LogP contribution in [0.2, 0.25) is 0 Å². The maximum atomic E-state index is 12.0. The number of carboxylic acids is 1. The van der Waals surface area contributed by atoms with Crippen LogP contribution in [0.5, 0.6) is 5.75 Å². The largest absolute Gasteiger partial charge is 0.508 e. The zero-order valence-electron chi connectivity index (χ0n) is 10.7. The number of nitrogens with one attached hydrogen (secondary N) is 1. The van der Waals surface area contributed by atoms with E-state index < -0.39 is 17.9 Å². The van der Waals surface area contributed by atoms with E-state index >= 15 is 0 Å². The number of phenols is 1. The second kappa shape index (κ2) is 6.45. The number of hydrogen-bond donors (Lipinski definition) is 3. The molecule has 0 radical (unpaired) electrons. The van der Waals surface area contributed by atoms with E-state index in [1.54, 1.807) is 12.1 Å². The van der Waals surface area contributed by atoms with Gasteiger partial charge in [0.25, 0.3) is 5.91 Å². The lowest BCUT2D eigenvalue weighted by atomic mass is 10.1. The normalized spacial score (nSPS) is 11.9. The third-order valence-corrected chi connectivity index (χ3v) is 3.46. The van der Waals surface area contributed by atoms with Gasteiger partial charge in [-0.2, -0.15) is 0 Å². The summed E-state index contributed by atoms with van der Waals surface area (Å²) in [7, 11) is 0. The number of rotatable bonds is 5. The number of furan rings is 1. The minimum Gasteiger partial charge on any atom is -0.508 e. The van der Waals surface area contributed by atoms with Gasteiger partial charge in [0.2, 0.25) is 0 Å². The maximum Gasteiger partial charge on any atom is 0.326 e. The molecule has 21 heavy (non-hydrogen) atoms. The van der Waals surface area contributed by atoms with E-state index in [1.807, 2.05) is 0 Å². The first-order valence-electron chi connectivity index (χ1n) is 6.02. The molecule has 0 aliphatic heterocycles. The van der Waals surface area contributed by atoms with E-state index in [2.05, 4.69) is 21.2 Å². The lowest BCUT2D eigenvalue weighted by Crippen LogP contribution is -2.42. The molecule has 0 fully saturated rings. The van der Waals surface area contributed by atoms with Crippen LogP contribution in [0.25, 0.3) is 0 Å². The number of benzene rings is 1. The van der Waals surface area contributed by atoms with Gasteiger partial charge in [0.05, 0.1) is 11.8 Å². The molecule has 0 aliphatic rings. The molecule has 2 aromatic rings. The zero-order chi connectivity index (χ0) is 15.4. The van der Waals surface area contributed by atoms with Gasteiger partial charge in [-0.1, -0.05) is 12.1 Å². The van der Waals surface area contributed by atoms with Gasteiger partial charge in [-0.15, -0.1) is 0 Å². The number of aliphatic carboxylic acids is 1. The molecule has 0 bridgehead atoms. The molecule has 0 saturated carbocycles. The van der Waals surface area contributed by atoms with E-state index in [9.17, 15) is 19.8 Å². The highest BCUT2D eigenvalue weighted by Gasteiger charge is 2.23. The second-order valence-corrected chi connectivity index (χ2v) is 5.06. The van der Waals surface area contributed by atoms with Gasteiger partial charge in [0, 0.05) is 6.42 Å². The molecule has 7 heteroatoms. The predicted octanol–water partition coefficient (Wildman–Crippen LogP) is 2.17. The van der Waals surface area contributed by atoms with Crippen LogP contribution >= 0.6 is 15.9 Å². The number of hydrogen-bond acceptors (Lipinski definition) is 4. The van der Waals surface area contributed by atoms with Crippen LogP contribution in [0.3, 0.4) is 0 Å². The lowest BCUT2D eigenvalue weighted by Gasteiger charge is -2.14.